The van der Waals surface area contributed by atoms with Crippen LogP contribution in [0, 0.1) is 17.7 Å². The first-order valence-electron chi connectivity index (χ1n) is 13.7. The van der Waals surface area contributed by atoms with Gasteiger partial charge in [0.25, 0.3) is 5.91 Å². The summed E-state index contributed by atoms with van der Waals surface area (Å²) in [5.74, 6) is -3.92. The summed E-state index contributed by atoms with van der Waals surface area (Å²) in [6, 6.07) is 14.6. The average molecular weight is 617 g/mol. The molecule has 0 saturated carbocycles. The molecule has 3 aromatic rings. The zero-order valence-electron chi connectivity index (χ0n) is 23.4. The van der Waals surface area contributed by atoms with Gasteiger partial charge in [0, 0.05) is 35.9 Å². The molecule has 0 aliphatic carbocycles. The molecule has 3 aromatic carbocycles. The highest BCUT2D eigenvalue weighted by atomic mass is 35.5. The summed E-state index contributed by atoms with van der Waals surface area (Å²) in [7, 11) is 1.35. The Morgan fingerprint density at radius 3 is 2.21 bits per heavy atom. The van der Waals surface area contributed by atoms with Crippen molar-refractivity contribution in [3.05, 3.63) is 104 Å². The summed E-state index contributed by atoms with van der Waals surface area (Å²) in [5, 5.41) is 22.7. The normalized spacial score (nSPS) is 22.0. The summed E-state index contributed by atoms with van der Waals surface area (Å²) < 4.78 is 28.2. The Morgan fingerprint density at radius 1 is 1.10 bits per heavy atom. The zero-order chi connectivity index (χ0) is 30.4. The van der Waals surface area contributed by atoms with E-state index >= 15 is 4.39 Å². The van der Waals surface area contributed by atoms with Gasteiger partial charge in [0.1, 0.15) is 5.82 Å². The van der Waals surface area contributed by atoms with Crippen molar-refractivity contribution in [2.75, 3.05) is 20.3 Å². The molecule has 10 heteroatoms. The van der Waals surface area contributed by atoms with E-state index < -0.39 is 41.0 Å². The number of amides is 1. The second-order valence-corrected chi connectivity index (χ2v) is 11.9. The summed E-state index contributed by atoms with van der Waals surface area (Å²) in [4.78, 5) is 28.3. The van der Waals surface area contributed by atoms with Gasteiger partial charge in [0.15, 0.2) is 5.72 Å². The van der Waals surface area contributed by atoms with Gasteiger partial charge in [-0.05, 0) is 80.1 Å². The van der Waals surface area contributed by atoms with E-state index in [1.165, 1.54) is 31.1 Å². The standard InChI is InChI=1S/C32H32Cl2FNO6/c1-18(30(38)39)28(19-4-8-23(33)9-5-19)36-29(37)25-16-22(31(2,40)20-12-14-42-15-13-20)17-26(35)27(25)32(36,41-3)21-6-10-24(34)11-7-21/h4-11,16-18,20,28,40H,12-15H2,1-3H3,(H,38,39)/t18-,28-,31-,32?/m0/s1. The Hall–Kier alpha value is -3.01. The molecule has 1 amide bonds. The Bertz CT molecular complexity index is 1490. The molecule has 2 aliphatic heterocycles. The van der Waals surface area contributed by atoms with Crippen molar-refractivity contribution in [3.8, 4) is 0 Å². The molecule has 2 heterocycles. The Kier molecular flexibility index (Phi) is 8.40. The fourth-order valence-electron chi connectivity index (χ4n) is 6.36. The minimum atomic E-state index is -1.86. The lowest BCUT2D eigenvalue weighted by Gasteiger charge is -2.44. The number of fused-ring (bicyclic) bond motifs is 1. The van der Waals surface area contributed by atoms with Crippen LogP contribution in [-0.4, -0.2) is 47.3 Å². The highest BCUT2D eigenvalue weighted by Crippen LogP contribution is 2.53. The van der Waals surface area contributed by atoms with Gasteiger partial charge in [-0.2, -0.15) is 0 Å². The lowest BCUT2D eigenvalue weighted by Crippen LogP contribution is -2.51. The van der Waals surface area contributed by atoms with Gasteiger partial charge in [0.05, 0.1) is 28.7 Å². The fraction of sp³-hybridized carbons (Fsp3) is 0.375. The minimum Gasteiger partial charge on any atom is -0.481 e. The van der Waals surface area contributed by atoms with Crippen LogP contribution >= 0.6 is 23.2 Å². The molecule has 4 atom stereocenters. The monoisotopic (exact) mass is 615 g/mol. The van der Waals surface area contributed by atoms with E-state index in [2.05, 4.69) is 0 Å². The quantitative estimate of drug-likeness (QED) is 0.299. The second-order valence-electron chi connectivity index (χ2n) is 11.1. The molecule has 1 fully saturated rings. The van der Waals surface area contributed by atoms with Crippen LogP contribution in [0.2, 0.25) is 10.0 Å². The Labute approximate surface area is 253 Å². The van der Waals surface area contributed by atoms with E-state index in [4.69, 9.17) is 32.7 Å². The van der Waals surface area contributed by atoms with Crippen LogP contribution in [-0.2, 0) is 25.6 Å². The average Bonchev–Trinajstić information content (AvgIpc) is 3.23. The number of methoxy groups -OCH3 is 1. The van der Waals surface area contributed by atoms with Gasteiger partial charge in [-0.1, -0.05) is 47.5 Å². The molecule has 0 bridgehead atoms. The summed E-state index contributed by atoms with van der Waals surface area (Å²) in [5.41, 5.74) is -2.31. The molecule has 2 aliphatic rings. The maximum atomic E-state index is 16.6. The highest BCUT2D eigenvalue weighted by Gasteiger charge is 2.58. The molecule has 2 N–H and O–H groups in total. The predicted octanol–water partition coefficient (Wildman–Crippen LogP) is 6.53. The number of benzene rings is 3. The van der Waals surface area contributed by atoms with E-state index in [9.17, 15) is 19.8 Å². The number of carboxylic acid groups (broad SMARTS) is 1. The van der Waals surface area contributed by atoms with Crippen LogP contribution in [0.15, 0.2) is 60.7 Å². The number of ether oxygens (including phenoxy) is 2. The molecular formula is C32H32Cl2FNO6. The molecule has 5 rings (SSSR count). The molecule has 0 radical (unpaired) electrons. The topological polar surface area (TPSA) is 96.3 Å². The van der Waals surface area contributed by atoms with E-state index in [-0.39, 0.29) is 22.6 Å². The first-order chi connectivity index (χ1) is 19.9. The van der Waals surface area contributed by atoms with Crippen LogP contribution in [0.25, 0.3) is 0 Å². The summed E-state index contributed by atoms with van der Waals surface area (Å²) >= 11 is 12.3. The third kappa shape index (κ3) is 4.99. The maximum absolute atomic E-state index is 16.6. The number of carbonyl (C=O) groups is 2. The van der Waals surface area contributed by atoms with Crippen LogP contribution in [0.3, 0.4) is 0 Å². The van der Waals surface area contributed by atoms with Gasteiger partial charge < -0.3 is 19.7 Å². The maximum Gasteiger partial charge on any atom is 0.308 e. The lowest BCUT2D eigenvalue weighted by atomic mass is 9.77. The van der Waals surface area contributed by atoms with Crippen molar-refractivity contribution in [2.24, 2.45) is 11.8 Å². The molecule has 7 nitrogen and oxygen atoms in total. The number of aliphatic hydroxyl groups is 1. The number of hydrogen-bond donors (Lipinski definition) is 2. The van der Waals surface area contributed by atoms with Gasteiger partial charge in [-0.15, -0.1) is 0 Å². The van der Waals surface area contributed by atoms with Crippen molar-refractivity contribution in [1.29, 1.82) is 0 Å². The van der Waals surface area contributed by atoms with Crippen molar-refractivity contribution >= 4 is 35.1 Å². The van der Waals surface area contributed by atoms with E-state index in [0.29, 0.717) is 47.2 Å². The number of hydrogen-bond acceptors (Lipinski definition) is 5. The Balaban J connectivity index is 1.78. The summed E-state index contributed by atoms with van der Waals surface area (Å²) in [6.07, 6.45) is 1.15. The number of halogens is 3. The number of carbonyl (C=O) groups excluding carboxylic acids is 1. The van der Waals surface area contributed by atoms with E-state index in [1.807, 2.05) is 0 Å². The van der Waals surface area contributed by atoms with Crippen molar-refractivity contribution in [3.63, 3.8) is 0 Å². The van der Waals surface area contributed by atoms with E-state index in [1.54, 1.807) is 55.5 Å². The molecule has 42 heavy (non-hydrogen) atoms. The van der Waals surface area contributed by atoms with Crippen molar-refractivity contribution in [1.82, 2.24) is 4.90 Å². The fourth-order valence-corrected chi connectivity index (χ4v) is 6.61. The molecule has 1 unspecified atom stereocenters. The number of rotatable bonds is 8. The zero-order valence-corrected chi connectivity index (χ0v) is 25.0. The SMILES string of the molecule is COC1(c2ccc(Cl)cc2)c2c(F)cc([C@@](C)(O)C3CCOCC3)cc2C(=O)N1[C@H](c1ccc(Cl)cc1)[C@H](C)C(=O)O. The lowest BCUT2D eigenvalue weighted by molar-refractivity contribution is -0.149. The van der Waals surface area contributed by atoms with Crippen molar-refractivity contribution < 1.29 is 33.7 Å². The number of carboxylic acids is 1. The van der Waals surface area contributed by atoms with Crippen LogP contribution < -0.4 is 0 Å². The summed E-state index contributed by atoms with van der Waals surface area (Å²) in [6.45, 7) is 4.05. The number of nitrogens with zero attached hydrogens (tertiary/aromatic N) is 1. The largest absolute Gasteiger partial charge is 0.481 e. The van der Waals surface area contributed by atoms with E-state index in [0.717, 1.165) is 0 Å². The first kappa shape index (κ1) is 30.4. The van der Waals surface area contributed by atoms with Crippen LogP contribution in [0.5, 0.6) is 0 Å². The van der Waals surface area contributed by atoms with Gasteiger partial charge in [-0.25, -0.2) is 4.39 Å². The Morgan fingerprint density at radius 2 is 1.67 bits per heavy atom. The second kappa shape index (κ2) is 11.6. The van der Waals surface area contributed by atoms with Gasteiger partial charge >= 0.3 is 5.97 Å². The first-order valence-corrected chi connectivity index (χ1v) is 14.5. The van der Waals surface area contributed by atoms with Gasteiger partial charge in [-0.3, -0.25) is 14.5 Å². The third-order valence-electron chi connectivity index (χ3n) is 8.70. The predicted molar refractivity (Wildman–Crippen MR) is 156 cm³/mol. The molecule has 222 valence electrons. The van der Waals surface area contributed by atoms with Crippen molar-refractivity contribution in [2.45, 2.75) is 44.1 Å². The molecule has 0 spiro atoms. The molecule has 0 aromatic heterocycles. The van der Waals surface area contributed by atoms with Crippen LogP contribution in [0.4, 0.5) is 4.39 Å². The highest BCUT2D eigenvalue weighted by molar-refractivity contribution is 6.30. The molecular weight excluding hydrogens is 584 g/mol. The number of aliphatic carboxylic acids is 1. The molecule has 1 saturated heterocycles. The van der Waals surface area contributed by atoms with Gasteiger partial charge in [0.2, 0.25) is 0 Å². The van der Waals surface area contributed by atoms with Crippen LogP contribution in [0.1, 0.15) is 65.3 Å². The third-order valence-corrected chi connectivity index (χ3v) is 9.21. The minimum absolute atomic E-state index is 0.0225. The smallest absolute Gasteiger partial charge is 0.308 e.